The maximum Gasteiger partial charge on any atom is 0.239 e. The summed E-state index contributed by atoms with van der Waals surface area (Å²) in [5, 5.41) is 6.13. The third-order valence-corrected chi connectivity index (χ3v) is 4.37. The molecule has 0 bridgehead atoms. The first-order valence-corrected chi connectivity index (χ1v) is 8.71. The van der Waals surface area contributed by atoms with Crippen LogP contribution in [0, 0.1) is 0 Å². The van der Waals surface area contributed by atoms with E-state index in [-0.39, 0.29) is 5.91 Å². The third-order valence-electron chi connectivity index (χ3n) is 4.37. The molecule has 1 saturated heterocycles. The van der Waals surface area contributed by atoms with Crippen LogP contribution in [0.25, 0.3) is 0 Å². The predicted molar refractivity (Wildman–Crippen MR) is 99.5 cm³/mol. The zero-order valence-electron chi connectivity index (χ0n) is 14.0. The van der Waals surface area contributed by atoms with E-state index in [1.54, 1.807) is 0 Å². The largest absolute Gasteiger partial charge is 0.376 e. The first-order valence-electron chi connectivity index (χ1n) is 8.71. The molecule has 0 spiro atoms. The van der Waals surface area contributed by atoms with Crippen LogP contribution in [-0.4, -0.2) is 32.1 Å². The second-order valence-electron chi connectivity index (χ2n) is 6.18. The molecular weight excluding hydrogens is 298 g/mol. The van der Waals surface area contributed by atoms with Gasteiger partial charge < -0.3 is 15.5 Å². The Morgan fingerprint density at radius 3 is 2.38 bits per heavy atom. The molecule has 24 heavy (non-hydrogen) atoms. The van der Waals surface area contributed by atoms with Gasteiger partial charge in [-0.05, 0) is 49.1 Å². The molecule has 0 aliphatic carbocycles. The van der Waals surface area contributed by atoms with Crippen LogP contribution in [0.4, 0.5) is 11.4 Å². The van der Waals surface area contributed by atoms with Crippen LogP contribution in [0.5, 0.6) is 0 Å². The molecule has 1 heterocycles. The fourth-order valence-electron chi connectivity index (χ4n) is 3.00. The molecule has 0 radical (unpaired) electrons. The van der Waals surface area contributed by atoms with Gasteiger partial charge in [0.05, 0.1) is 6.54 Å². The highest BCUT2D eigenvalue weighted by molar-refractivity contribution is 5.80. The highest BCUT2D eigenvalue weighted by Crippen LogP contribution is 2.21. The molecule has 2 aromatic rings. The van der Waals surface area contributed by atoms with Gasteiger partial charge in [-0.3, -0.25) is 4.79 Å². The maximum atomic E-state index is 11.9. The van der Waals surface area contributed by atoms with Gasteiger partial charge in [0.2, 0.25) is 5.91 Å². The molecule has 1 fully saturated rings. The van der Waals surface area contributed by atoms with E-state index in [4.69, 9.17) is 0 Å². The van der Waals surface area contributed by atoms with Gasteiger partial charge in [-0.25, -0.2) is 0 Å². The van der Waals surface area contributed by atoms with Crippen LogP contribution in [0.1, 0.15) is 18.4 Å². The van der Waals surface area contributed by atoms with Crippen LogP contribution < -0.4 is 15.5 Å². The first-order chi connectivity index (χ1) is 11.8. The van der Waals surface area contributed by atoms with Crippen LogP contribution in [-0.2, 0) is 11.2 Å². The molecule has 4 nitrogen and oxygen atoms in total. The van der Waals surface area contributed by atoms with Gasteiger partial charge in [0.15, 0.2) is 0 Å². The van der Waals surface area contributed by atoms with Gasteiger partial charge in [0, 0.05) is 31.0 Å². The van der Waals surface area contributed by atoms with Crippen molar-refractivity contribution >= 4 is 17.3 Å². The van der Waals surface area contributed by atoms with E-state index in [9.17, 15) is 4.79 Å². The van der Waals surface area contributed by atoms with Gasteiger partial charge in [0.1, 0.15) is 0 Å². The van der Waals surface area contributed by atoms with E-state index in [1.165, 1.54) is 24.1 Å². The summed E-state index contributed by atoms with van der Waals surface area (Å²) in [5.41, 5.74) is 3.49. The summed E-state index contributed by atoms with van der Waals surface area (Å²) in [7, 11) is 0. The minimum Gasteiger partial charge on any atom is -0.376 e. The molecule has 0 atom stereocenters. The van der Waals surface area contributed by atoms with Gasteiger partial charge in [-0.15, -0.1) is 0 Å². The number of carbonyl (C=O) groups excluding carboxylic acids is 1. The average Bonchev–Trinajstić information content (AvgIpc) is 3.16. The van der Waals surface area contributed by atoms with Crippen LogP contribution in [0.2, 0.25) is 0 Å². The Labute approximate surface area is 143 Å². The monoisotopic (exact) mass is 323 g/mol. The lowest BCUT2D eigenvalue weighted by Crippen LogP contribution is -2.31. The molecule has 0 saturated carbocycles. The normalized spacial score (nSPS) is 13.8. The molecule has 2 aromatic carbocycles. The number of benzene rings is 2. The molecule has 0 aromatic heterocycles. The van der Waals surface area contributed by atoms with Crippen LogP contribution in [0.3, 0.4) is 0 Å². The van der Waals surface area contributed by atoms with Crippen molar-refractivity contribution in [3.05, 3.63) is 60.2 Å². The van der Waals surface area contributed by atoms with Crippen molar-refractivity contribution in [2.24, 2.45) is 0 Å². The zero-order chi connectivity index (χ0) is 16.6. The number of hydrogen-bond donors (Lipinski definition) is 2. The Kier molecular flexibility index (Phi) is 5.72. The minimum atomic E-state index is 0.0227. The lowest BCUT2D eigenvalue weighted by atomic mass is 10.1. The van der Waals surface area contributed by atoms with Crippen molar-refractivity contribution < 1.29 is 4.79 Å². The Morgan fingerprint density at radius 1 is 0.958 bits per heavy atom. The Morgan fingerprint density at radius 2 is 1.67 bits per heavy atom. The first kappa shape index (κ1) is 16.4. The highest BCUT2D eigenvalue weighted by atomic mass is 16.1. The number of rotatable bonds is 7. The summed E-state index contributed by atoms with van der Waals surface area (Å²) in [6.07, 6.45) is 3.42. The number of nitrogens with zero attached hydrogens (tertiary/aromatic N) is 1. The summed E-state index contributed by atoms with van der Waals surface area (Å²) < 4.78 is 0. The molecule has 1 aliphatic heterocycles. The average molecular weight is 323 g/mol. The van der Waals surface area contributed by atoms with E-state index in [2.05, 4.69) is 39.8 Å². The molecule has 3 rings (SSSR count). The topological polar surface area (TPSA) is 44.4 Å². The number of anilines is 2. The van der Waals surface area contributed by atoms with E-state index in [0.29, 0.717) is 13.1 Å². The SMILES string of the molecule is O=C(CNc1ccc(N2CCCC2)cc1)NCCc1ccccc1. The molecular formula is C20H25N3O. The molecule has 1 aliphatic rings. The molecule has 0 unspecified atom stereocenters. The quantitative estimate of drug-likeness (QED) is 0.823. The van der Waals surface area contributed by atoms with Crippen molar-refractivity contribution in [1.29, 1.82) is 0 Å². The summed E-state index contributed by atoms with van der Waals surface area (Å²) in [6.45, 7) is 3.27. The number of amides is 1. The Balaban J connectivity index is 1.38. The van der Waals surface area contributed by atoms with Gasteiger partial charge >= 0.3 is 0 Å². The van der Waals surface area contributed by atoms with Crippen LogP contribution in [0.15, 0.2) is 54.6 Å². The fraction of sp³-hybridized carbons (Fsp3) is 0.350. The summed E-state index contributed by atoms with van der Waals surface area (Å²) in [6, 6.07) is 18.5. The van der Waals surface area contributed by atoms with E-state index < -0.39 is 0 Å². The van der Waals surface area contributed by atoms with Gasteiger partial charge in [0.25, 0.3) is 0 Å². The van der Waals surface area contributed by atoms with Gasteiger partial charge in [-0.1, -0.05) is 30.3 Å². The van der Waals surface area contributed by atoms with E-state index in [1.807, 2.05) is 30.3 Å². The Bertz CT molecular complexity index is 634. The fourth-order valence-corrected chi connectivity index (χ4v) is 3.00. The van der Waals surface area contributed by atoms with Gasteiger partial charge in [-0.2, -0.15) is 0 Å². The maximum absolute atomic E-state index is 11.9. The molecule has 4 heteroatoms. The second-order valence-corrected chi connectivity index (χ2v) is 6.18. The van der Waals surface area contributed by atoms with Crippen molar-refractivity contribution in [2.45, 2.75) is 19.3 Å². The smallest absolute Gasteiger partial charge is 0.239 e. The van der Waals surface area contributed by atoms with Crippen molar-refractivity contribution in [1.82, 2.24) is 5.32 Å². The number of nitrogens with one attached hydrogen (secondary N) is 2. The standard InChI is InChI=1S/C20H25N3O/c24-20(21-13-12-17-6-2-1-3-7-17)16-22-18-8-10-19(11-9-18)23-14-4-5-15-23/h1-3,6-11,22H,4-5,12-16H2,(H,21,24). The van der Waals surface area contributed by atoms with E-state index in [0.717, 1.165) is 25.2 Å². The number of carbonyl (C=O) groups is 1. The summed E-state index contributed by atoms with van der Waals surface area (Å²) in [4.78, 5) is 14.3. The minimum absolute atomic E-state index is 0.0227. The van der Waals surface area contributed by atoms with E-state index >= 15 is 0 Å². The predicted octanol–water partition coefficient (Wildman–Crippen LogP) is 3.06. The summed E-state index contributed by atoms with van der Waals surface area (Å²) >= 11 is 0. The lowest BCUT2D eigenvalue weighted by molar-refractivity contribution is -0.119. The van der Waals surface area contributed by atoms with Crippen LogP contribution >= 0.6 is 0 Å². The highest BCUT2D eigenvalue weighted by Gasteiger charge is 2.11. The number of hydrogen-bond acceptors (Lipinski definition) is 3. The third kappa shape index (κ3) is 4.75. The molecule has 1 amide bonds. The van der Waals surface area contributed by atoms with Crippen molar-refractivity contribution in [2.75, 3.05) is 36.4 Å². The molecule has 126 valence electrons. The second kappa shape index (κ2) is 8.39. The zero-order valence-corrected chi connectivity index (χ0v) is 14.0. The Hall–Kier alpha value is -2.49. The van der Waals surface area contributed by atoms with Crippen molar-refractivity contribution in [3.8, 4) is 0 Å². The van der Waals surface area contributed by atoms with Crippen molar-refractivity contribution in [3.63, 3.8) is 0 Å². The molecule has 2 N–H and O–H groups in total. The summed E-state index contributed by atoms with van der Waals surface area (Å²) in [5.74, 6) is 0.0227. The lowest BCUT2D eigenvalue weighted by Gasteiger charge is -2.18.